The van der Waals surface area contributed by atoms with Crippen molar-refractivity contribution in [1.82, 2.24) is 14.5 Å². The molecule has 0 saturated carbocycles. The predicted molar refractivity (Wildman–Crippen MR) is 132 cm³/mol. The number of thiazole rings is 1. The molecule has 5 rings (SSSR count). The fourth-order valence-corrected chi connectivity index (χ4v) is 5.81. The zero-order valence-corrected chi connectivity index (χ0v) is 19.4. The van der Waals surface area contributed by atoms with Crippen molar-refractivity contribution in [3.8, 4) is 0 Å². The monoisotopic (exact) mass is 483 g/mol. The van der Waals surface area contributed by atoms with Gasteiger partial charge in [-0.05, 0) is 41.8 Å². The fraction of sp³-hybridized carbons (Fsp3) is 0.217. The van der Waals surface area contributed by atoms with E-state index in [-0.39, 0.29) is 12.2 Å². The van der Waals surface area contributed by atoms with Gasteiger partial charge in [-0.3, -0.25) is 9.52 Å². The van der Waals surface area contributed by atoms with Crippen molar-refractivity contribution in [2.24, 2.45) is 0 Å². The molecule has 2 aromatic carbocycles. The number of carbonyl (C=O) groups excluding carboxylic acids is 1. The molecule has 8 nitrogen and oxygen atoms in total. The van der Waals surface area contributed by atoms with Gasteiger partial charge in [-0.1, -0.05) is 18.2 Å². The number of anilines is 2. The molecule has 0 spiro atoms. The number of nitrogens with one attached hydrogen (secondary N) is 1. The minimum atomic E-state index is -3.67. The van der Waals surface area contributed by atoms with Gasteiger partial charge in [0.25, 0.3) is 10.0 Å². The second-order valence-electron chi connectivity index (χ2n) is 7.81. The van der Waals surface area contributed by atoms with Crippen LogP contribution in [0.1, 0.15) is 1.43 Å². The first-order valence-corrected chi connectivity index (χ1v) is 12.9. The zero-order valence-electron chi connectivity index (χ0n) is 17.8. The third-order valence-electron chi connectivity index (χ3n) is 5.78. The molecule has 1 aliphatic heterocycles. The highest BCUT2D eigenvalue weighted by Gasteiger charge is 2.22. The number of sulfonamides is 1. The van der Waals surface area contributed by atoms with Gasteiger partial charge in [-0.15, -0.1) is 11.3 Å². The first-order valence-electron chi connectivity index (χ1n) is 10.6. The molecule has 1 fully saturated rings. The highest BCUT2D eigenvalue weighted by atomic mass is 32.2. The van der Waals surface area contributed by atoms with Crippen molar-refractivity contribution in [1.29, 1.82) is 0 Å². The SMILES string of the molecule is O=C(Cn1ccc2ccccc21)N1CCN(c2ccc(S(=O)(=O)Nc3nccs3)cc2)CC1.[HH]. The van der Waals surface area contributed by atoms with E-state index < -0.39 is 10.0 Å². The van der Waals surface area contributed by atoms with Gasteiger partial charge >= 0.3 is 0 Å². The molecule has 33 heavy (non-hydrogen) atoms. The lowest BCUT2D eigenvalue weighted by Crippen LogP contribution is -2.49. The van der Waals surface area contributed by atoms with Crippen molar-refractivity contribution in [2.75, 3.05) is 35.8 Å². The van der Waals surface area contributed by atoms with Gasteiger partial charge in [0, 0.05) is 56.6 Å². The van der Waals surface area contributed by atoms with Gasteiger partial charge in [-0.2, -0.15) is 0 Å². The van der Waals surface area contributed by atoms with Crippen LogP contribution in [0, 0.1) is 0 Å². The van der Waals surface area contributed by atoms with Gasteiger partial charge in [0.15, 0.2) is 5.13 Å². The molecule has 1 aliphatic rings. The molecule has 10 heteroatoms. The van der Waals surface area contributed by atoms with Crippen LogP contribution >= 0.6 is 11.3 Å². The largest absolute Gasteiger partial charge is 0.368 e. The average Bonchev–Trinajstić information content (AvgIpc) is 3.49. The van der Waals surface area contributed by atoms with Crippen molar-refractivity contribution in [3.63, 3.8) is 0 Å². The van der Waals surface area contributed by atoms with Crippen LogP contribution in [-0.2, 0) is 21.4 Å². The third kappa shape index (κ3) is 4.57. The van der Waals surface area contributed by atoms with E-state index in [0.717, 1.165) is 16.6 Å². The number of hydrogen-bond donors (Lipinski definition) is 1. The maximum Gasteiger partial charge on any atom is 0.263 e. The van der Waals surface area contributed by atoms with Crippen LogP contribution in [-0.4, -0.2) is 55.0 Å². The molecule has 0 unspecified atom stereocenters. The molecule has 0 aliphatic carbocycles. The standard InChI is InChI=1S/C23H23N5O3S2.H2/c29-22(17-28-11-9-18-3-1-2-4-21(18)28)27-14-12-26(13-15-27)19-5-7-20(8-6-19)33(30,31)25-23-24-10-16-32-23;/h1-11,16H,12-15,17H2,(H,24,25);1H. The molecule has 0 atom stereocenters. The second-order valence-corrected chi connectivity index (χ2v) is 10.4. The van der Waals surface area contributed by atoms with E-state index in [1.165, 1.54) is 11.3 Å². The number of benzene rings is 2. The van der Waals surface area contributed by atoms with Crippen LogP contribution in [0.15, 0.2) is 77.3 Å². The smallest absolute Gasteiger partial charge is 0.263 e. The Morgan fingerprint density at radius 3 is 2.52 bits per heavy atom. The molecule has 0 bridgehead atoms. The van der Waals surface area contributed by atoms with Gasteiger partial charge < -0.3 is 14.4 Å². The zero-order chi connectivity index (χ0) is 22.8. The lowest BCUT2D eigenvalue weighted by molar-refractivity contribution is -0.132. The Bertz CT molecular complexity index is 1360. The average molecular weight is 484 g/mol. The maximum atomic E-state index is 12.8. The lowest BCUT2D eigenvalue weighted by Gasteiger charge is -2.36. The van der Waals surface area contributed by atoms with Crippen LogP contribution < -0.4 is 9.62 Å². The number of nitrogens with zero attached hydrogens (tertiary/aromatic N) is 4. The minimum absolute atomic E-state index is 0. The summed E-state index contributed by atoms with van der Waals surface area (Å²) in [6, 6.07) is 16.9. The Labute approximate surface area is 197 Å². The van der Waals surface area contributed by atoms with E-state index in [0.29, 0.717) is 37.9 Å². The van der Waals surface area contributed by atoms with E-state index in [9.17, 15) is 13.2 Å². The van der Waals surface area contributed by atoms with E-state index in [1.807, 2.05) is 46.0 Å². The van der Waals surface area contributed by atoms with E-state index in [4.69, 9.17) is 0 Å². The van der Waals surface area contributed by atoms with E-state index in [2.05, 4.69) is 14.6 Å². The Kier molecular flexibility index (Phi) is 5.77. The summed E-state index contributed by atoms with van der Waals surface area (Å²) in [5.41, 5.74) is 2.00. The van der Waals surface area contributed by atoms with Crippen molar-refractivity contribution in [2.45, 2.75) is 11.4 Å². The summed E-state index contributed by atoms with van der Waals surface area (Å²) in [6.45, 7) is 2.97. The minimum Gasteiger partial charge on any atom is -0.368 e. The lowest BCUT2D eigenvalue weighted by atomic mass is 10.2. The summed E-state index contributed by atoms with van der Waals surface area (Å²) >= 11 is 1.23. The predicted octanol–water partition coefficient (Wildman–Crippen LogP) is 3.49. The normalized spacial score (nSPS) is 14.5. The van der Waals surface area contributed by atoms with Gasteiger partial charge in [0.2, 0.25) is 5.91 Å². The number of fused-ring (bicyclic) bond motifs is 1. The Morgan fingerprint density at radius 1 is 1.03 bits per heavy atom. The molecule has 0 radical (unpaired) electrons. The van der Waals surface area contributed by atoms with Gasteiger partial charge in [0.05, 0.1) is 4.90 Å². The van der Waals surface area contributed by atoms with Crippen LogP contribution in [0.5, 0.6) is 0 Å². The molecular formula is C23H25N5O3S2. The molecular weight excluding hydrogens is 458 g/mol. The number of carbonyl (C=O) groups is 1. The molecule has 4 aromatic rings. The summed E-state index contributed by atoms with van der Waals surface area (Å²) in [7, 11) is -3.67. The first-order chi connectivity index (χ1) is 16.0. The molecule has 172 valence electrons. The number of para-hydroxylation sites is 1. The molecule has 3 heterocycles. The quantitative estimate of drug-likeness (QED) is 0.454. The van der Waals surface area contributed by atoms with E-state index in [1.54, 1.807) is 35.8 Å². The van der Waals surface area contributed by atoms with Crippen LogP contribution in [0.2, 0.25) is 0 Å². The van der Waals surface area contributed by atoms with Crippen LogP contribution in [0.3, 0.4) is 0 Å². The van der Waals surface area contributed by atoms with E-state index >= 15 is 0 Å². The number of piperazine rings is 1. The maximum absolute atomic E-state index is 12.8. The van der Waals surface area contributed by atoms with Gasteiger partial charge in [-0.25, -0.2) is 13.4 Å². The van der Waals surface area contributed by atoms with Crippen molar-refractivity contribution in [3.05, 3.63) is 72.4 Å². The molecule has 1 amide bonds. The molecule has 1 N–H and O–H groups in total. The Hall–Kier alpha value is -3.37. The highest BCUT2D eigenvalue weighted by Crippen LogP contribution is 2.22. The number of rotatable bonds is 6. The van der Waals surface area contributed by atoms with Crippen LogP contribution in [0.25, 0.3) is 10.9 Å². The third-order valence-corrected chi connectivity index (χ3v) is 7.96. The van der Waals surface area contributed by atoms with Gasteiger partial charge in [0.1, 0.15) is 6.54 Å². The van der Waals surface area contributed by atoms with Crippen molar-refractivity contribution < 1.29 is 14.6 Å². The van der Waals surface area contributed by atoms with Crippen molar-refractivity contribution >= 4 is 49.0 Å². The summed E-state index contributed by atoms with van der Waals surface area (Å²) in [5.74, 6) is 0.103. The number of amides is 1. The summed E-state index contributed by atoms with van der Waals surface area (Å²) in [4.78, 5) is 21.1. The summed E-state index contributed by atoms with van der Waals surface area (Å²) in [6.07, 6.45) is 3.51. The second kappa shape index (κ2) is 8.87. The Balaban J connectivity index is 0.00000274. The fourth-order valence-electron chi connectivity index (χ4n) is 4.02. The summed E-state index contributed by atoms with van der Waals surface area (Å²) in [5, 5.41) is 3.18. The number of hydrogen-bond acceptors (Lipinski definition) is 6. The first kappa shape index (κ1) is 21.5. The molecule has 2 aromatic heterocycles. The highest BCUT2D eigenvalue weighted by molar-refractivity contribution is 7.93. The Morgan fingerprint density at radius 2 is 1.79 bits per heavy atom. The number of aromatic nitrogens is 2. The molecule has 1 saturated heterocycles. The topological polar surface area (TPSA) is 87.5 Å². The summed E-state index contributed by atoms with van der Waals surface area (Å²) < 4.78 is 29.5. The van der Waals surface area contributed by atoms with Crippen LogP contribution in [0.4, 0.5) is 10.8 Å².